The predicted octanol–water partition coefficient (Wildman–Crippen LogP) is 1.47. The molecule has 0 aliphatic rings. The molecule has 1 unspecified atom stereocenters. The van der Waals surface area contributed by atoms with Gasteiger partial charge in [-0.25, -0.2) is 8.42 Å². The summed E-state index contributed by atoms with van der Waals surface area (Å²) < 4.78 is 26.1. The Balaban J connectivity index is 3.15. The van der Waals surface area contributed by atoms with Crippen LogP contribution in [0, 0.1) is 6.92 Å². The Kier molecular flexibility index (Phi) is 4.60. The summed E-state index contributed by atoms with van der Waals surface area (Å²) in [5, 5.41) is 11.4. The van der Waals surface area contributed by atoms with Gasteiger partial charge in [-0.1, -0.05) is 16.8 Å². The lowest BCUT2D eigenvalue weighted by Gasteiger charge is -2.22. The van der Waals surface area contributed by atoms with Crippen molar-refractivity contribution in [3.8, 4) is 0 Å². The van der Waals surface area contributed by atoms with Gasteiger partial charge in [-0.15, -0.1) is 11.3 Å². The first-order valence-electron chi connectivity index (χ1n) is 4.93. The van der Waals surface area contributed by atoms with Gasteiger partial charge >= 0.3 is 0 Å². The zero-order valence-corrected chi connectivity index (χ0v) is 12.5. The number of hydrogen-bond donors (Lipinski definition) is 2. The van der Waals surface area contributed by atoms with E-state index in [1.54, 1.807) is 6.92 Å². The van der Waals surface area contributed by atoms with Crippen molar-refractivity contribution in [3.05, 3.63) is 16.0 Å². The number of amidine groups is 1. The molecule has 0 radical (unpaired) electrons. The van der Waals surface area contributed by atoms with Gasteiger partial charge in [0.2, 0.25) is 0 Å². The topological polar surface area (TPSA) is 96.0 Å². The first-order chi connectivity index (χ1) is 8.21. The SMILES string of the molecule is Cc1cc(S(=O)(=O)N(C)C(C)C(N)=NO)sc1Cl. The third-order valence-electron chi connectivity index (χ3n) is 2.56. The molecule has 0 aliphatic heterocycles. The number of aryl methyl sites for hydroxylation is 1. The lowest BCUT2D eigenvalue weighted by atomic mass is 10.3. The number of rotatable bonds is 4. The molecule has 0 amide bonds. The van der Waals surface area contributed by atoms with Crippen molar-refractivity contribution in [1.82, 2.24) is 4.31 Å². The maximum atomic E-state index is 12.2. The van der Waals surface area contributed by atoms with Crippen molar-refractivity contribution in [2.75, 3.05) is 7.05 Å². The van der Waals surface area contributed by atoms with E-state index in [1.165, 1.54) is 20.0 Å². The largest absolute Gasteiger partial charge is 0.409 e. The molecule has 0 spiro atoms. The highest BCUT2D eigenvalue weighted by molar-refractivity contribution is 7.91. The first kappa shape index (κ1) is 15.2. The monoisotopic (exact) mass is 311 g/mol. The Bertz CT molecular complexity index is 548. The molecule has 0 aromatic carbocycles. The van der Waals surface area contributed by atoms with Gasteiger partial charge in [0.25, 0.3) is 10.0 Å². The minimum absolute atomic E-state index is 0.130. The Labute approximate surface area is 115 Å². The van der Waals surface area contributed by atoms with Gasteiger partial charge in [0.1, 0.15) is 4.21 Å². The van der Waals surface area contributed by atoms with E-state index in [9.17, 15) is 8.42 Å². The summed E-state index contributed by atoms with van der Waals surface area (Å²) in [7, 11) is -2.34. The van der Waals surface area contributed by atoms with Crippen molar-refractivity contribution < 1.29 is 13.6 Å². The van der Waals surface area contributed by atoms with Crippen molar-refractivity contribution in [2.24, 2.45) is 10.9 Å². The number of halogens is 1. The average molecular weight is 312 g/mol. The van der Waals surface area contributed by atoms with Gasteiger partial charge in [-0.2, -0.15) is 4.31 Å². The van der Waals surface area contributed by atoms with Crippen LogP contribution in [0.15, 0.2) is 15.4 Å². The van der Waals surface area contributed by atoms with Crippen molar-refractivity contribution in [3.63, 3.8) is 0 Å². The zero-order chi connectivity index (χ0) is 14.1. The third-order valence-corrected chi connectivity index (χ3v) is 6.49. The minimum atomic E-state index is -3.70. The normalized spacial score (nSPS) is 15.1. The second kappa shape index (κ2) is 5.43. The number of nitrogens with two attached hydrogens (primary N) is 1. The highest BCUT2D eigenvalue weighted by atomic mass is 35.5. The molecule has 1 atom stereocenters. The Morgan fingerprint density at radius 2 is 2.22 bits per heavy atom. The molecule has 102 valence electrons. The highest BCUT2D eigenvalue weighted by Crippen LogP contribution is 2.32. The van der Waals surface area contributed by atoms with E-state index in [0.29, 0.717) is 9.90 Å². The molecule has 6 nitrogen and oxygen atoms in total. The molecule has 1 rings (SSSR count). The van der Waals surface area contributed by atoms with Crippen molar-refractivity contribution in [2.45, 2.75) is 24.1 Å². The van der Waals surface area contributed by atoms with E-state index in [4.69, 9.17) is 22.5 Å². The maximum absolute atomic E-state index is 12.2. The molecule has 3 N–H and O–H groups in total. The fourth-order valence-electron chi connectivity index (χ4n) is 1.18. The molecule has 0 saturated heterocycles. The molecule has 1 heterocycles. The lowest BCUT2D eigenvalue weighted by Crippen LogP contribution is -2.43. The van der Waals surface area contributed by atoms with Gasteiger partial charge in [0, 0.05) is 7.05 Å². The van der Waals surface area contributed by atoms with E-state index >= 15 is 0 Å². The van der Waals surface area contributed by atoms with Gasteiger partial charge in [0.15, 0.2) is 5.84 Å². The number of likely N-dealkylation sites (N-methyl/N-ethyl adjacent to an activating group) is 1. The second-order valence-corrected chi connectivity index (χ2v) is 7.62. The zero-order valence-electron chi connectivity index (χ0n) is 10.1. The summed E-state index contributed by atoms with van der Waals surface area (Å²) in [5.41, 5.74) is 6.10. The summed E-state index contributed by atoms with van der Waals surface area (Å²) in [6.45, 7) is 3.25. The number of hydrogen-bond acceptors (Lipinski definition) is 5. The van der Waals surface area contributed by atoms with E-state index in [2.05, 4.69) is 5.16 Å². The number of nitrogens with zero attached hydrogens (tertiary/aromatic N) is 2. The van der Waals surface area contributed by atoms with Crippen LogP contribution in [0.1, 0.15) is 12.5 Å². The third kappa shape index (κ3) is 2.77. The molecule has 1 aromatic rings. The molecule has 0 bridgehead atoms. The summed E-state index contributed by atoms with van der Waals surface area (Å²) in [5.74, 6) is -0.180. The van der Waals surface area contributed by atoms with Crippen LogP contribution in [0.4, 0.5) is 0 Å². The highest BCUT2D eigenvalue weighted by Gasteiger charge is 2.29. The van der Waals surface area contributed by atoms with Crippen LogP contribution in [0.3, 0.4) is 0 Å². The number of oxime groups is 1. The van der Waals surface area contributed by atoms with Crippen LogP contribution in [0.25, 0.3) is 0 Å². The fourth-order valence-corrected chi connectivity index (χ4v) is 4.41. The number of sulfonamides is 1. The molecular formula is C9H14ClN3O3S2. The van der Waals surface area contributed by atoms with E-state index in [1.807, 2.05) is 0 Å². The molecular weight excluding hydrogens is 298 g/mol. The van der Waals surface area contributed by atoms with Crippen LogP contribution in [-0.2, 0) is 10.0 Å². The van der Waals surface area contributed by atoms with Gasteiger partial charge in [-0.3, -0.25) is 0 Å². The quantitative estimate of drug-likeness (QED) is 0.381. The Hall–Kier alpha value is -0.830. The molecule has 0 saturated carbocycles. The summed E-state index contributed by atoms with van der Waals surface area (Å²) >= 11 is 6.84. The molecule has 18 heavy (non-hydrogen) atoms. The van der Waals surface area contributed by atoms with Crippen LogP contribution in [0.2, 0.25) is 4.34 Å². The summed E-state index contributed by atoms with van der Waals surface area (Å²) in [6.07, 6.45) is 0. The summed E-state index contributed by atoms with van der Waals surface area (Å²) in [6, 6.07) is 0.749. The molecule has 9 heteroatoms. The summed E-state index contributed by atoms with van der Waals surface area (Å²) in [4.78, 5) is 0. The Morgan fingerprint density at radius 1 is 1.67 bits per heavy atom. The van der Waals surface area contributed by atoms with Crippen molar-refractivity contribution >= 4 is 38.8 Å². The fraction of sp³-hybridized carbons (Fsp3) is 0.444. The Morgan fingerprint density at radius 3 is 2.61 bits per heavy atom. The predicted molar refractivity (Wildman–Crippen MR) is 71.9 cm³/mol. The lowest BCUT2D eigenvalue weighted by molar-refractivity contribution is 0.311. The second-order valence-electron chi connectivity index (χ2n) is 3.74. The van der Waals surface area contributed by atoms with E-state index in [0.717, 1.165) is 15.6 Å². The molecule has 0 fully saturated rings. The standard InChI is InChI=1S/C9H14ClN3O3S2/c1-5-4-7(17-8(5)10)18(15,16)13(3)6(2)9(11)12-14/h4,6,14H,1-3H3,(H2,11,12). The van der Waals surface area contributed by atoms with Gasteiger partial charge in [-0.05, 0) is 25.5 Å². The van der Waals surface area contributed by atoms with Gasteiger partial charge in [0.05, 0.1) is 10.4 Å². The van der Waals surface area contributed by atoms with E-state index in [-0.39, 0.29) is 10.0 Å². The average Bonchev–Trinajstić information content (AvgIpc) is 2.67. The smallest absolute Gasteiger partial charge is 0.253 e. The van der Waals surface area contributed by atoms with Crippen LogP contribution >= 0.6 is 22.9 Å². The van der Waals surface area contributed by atoms with Crippen LogP contribution in [-0.4, -0.2) is 36.9 Å². The molecule has 1 aromatic heterocycles. The van der Waals surface area contributed by atoms with Gasteiger partial charge < -0.3 is 10.9 Å². The first-order valence-corrected chi connectivity index (χ1v) is 7.56. The minimum Gasteiger partial charge on any atom is -0.409 e. The maximum Gasteiger partial charge on any atom is 0.253 e. The number of thiophene rings is 1. The van der Waals surface area contributed by atoms with E-state index < -0.39 is 16.1 Å². The molecule has 0 aliphatic carbocycles. The van der Waals surface area contributed by atoms with Crippen LogP contribution < -0.4 is 5.73 Å². The van der Waals surface area contributed by atoms with Crippen molar-refractivity contribution in [1.29, 1.82) is 0 Å². The van der Waals surface area contributed by atoms with Crippen LogP contribution in [0.5, 0.6) is 0 Å².